The molecule has 4 atom stereocenters. The van der Waals surface area contributed by atoms with E-state index in [1.807, 2.05) is 19.1 Å². The van der Waals surface area contributed by atoms with E-state index in [2.05, 4.69) is 4.74 Å². The predicted octanol–water partition coefficient (Wildman–Crippen LogP) is 5.28. The number of allylic oxidation sites excluding steroid dienone is 2. The number of hydrogen-bond donors (Lipinski definition) is 1. The molecule has 1 saturated carbocycles. The van der Waals surface area contributed by atoms with E-state index in [4.69, 9.17) is 0 Å². The van der Waals surface area contributed by atoms with Gasteiger partial charge in [-0.2, -0.15) is 0 Å². The van der Waals surface area contributed by atoms with Gasteiger partial charge in [-0.05, 0) is 50.9 Å². The molecule has 29 heavy (non-hydrogen) atoms. The molecule has 1 saturated heterocycles. The molecule has 0 spiro atoms. The predicted molar refractivity (Wildman–Crippen MR) is 111 cm³/mol. The van der Waals surface area contributed by atoms with Crippen molar-refractivity contribution in [1.29, 1.82) is 0 Å². The minimum atomic E-state index is -3.12. The number of unbranched alkanes of at least 4 members (excludes halogenated alkanes) is 3. The van der Waals surface area contributed by atoms with E-state index in [1.165, 1.54) is 7.11 Å². The van der Waals surface area contributed by atoms with Gasteiger partial charge in [0.15, 0.2) is 4.93 Å². The number of ketones is 1. The first kappa shape index (κ1) is 24.3. The van der Waals surface area contributed by atoms with Crippen LogP contribution in [0.3, 0.4) is 0 Å². The maximum Gasteiger partial charge on any atom is 0.305 e. The Hall–Kier alpha value is -0.950. The lowest BCUT2D eigenvalue weighted by molar-refractivity contribution is -0.142. The third-order valence-electron chi connectivity index (χ3n) is 6.18. The van der Waals surface area contributed by atoms with E-state index in [0.29, 0.717) is 32.1 Å². The number of rotatable bonds is 11. The Labute approximate surface area is 176 Å². The lowest BCUT2D eigenvalue weighted by Gasteiger charge is -2.43. The number of alkyl halides is 2. The van der Waals surface area contributed by atoms with Crippen molar-refractivity contribution in [3.8, 4) is 0 Å². The van der Waals surface area contributed by atoms with Gasteiger partial charge in [0.1, 0.15) is 5.78 Å². The Balaban J connectivity index is 1.82. The van der Waals surface area contributed by atoms with E-state index in [1.54, 1.807) is 0 Å². The number of hydrogen-bond acceptors (Lipinski definition) is 5. The summed E-state index contributed by atoms with van der Waals surface area (Å²) in [6, 6.07) is 0. The Kier molecular flexibility index (Phi) is 9.14. The maximum absolute atomic E-state index is 14.6. The standard InChI is InChI=1S/C22H34F2O4S/c1-3-4-13-21(23,24)22(27)14-12-17-16(18(25)15-19(17)29-22)10-8-6-5-7-9-11-20(26)28-2/h6,8,16-17,19,27H,3-5,7,9-15H2,1-2H3/b8-6-/t16-,17-,19-,22?/m1/s1. The topological polar surface area (TPSA) is 63.6 Å². The fraction of sp³-hybridized carbons (Fsp3) is 0.818. The third-order valence-corrected chi connectivity index (χ3v) is 7.89. The summed E-state index contributed by atoms with van der Waals surface area (Å²) in [4.78, 5) is 21.5. The summed E-state index contributed by atoms with van der Waals surface area (Å²) >= 11 is 0.941. The molecule has 0 aromatic carbocycles. The van der Waals surface area contributed by atoms with Crippen LogP contribution in [0.5, 0.6) is 0 Å². The number of carbonyl (C=O) groups excluding carboxylic acids is 2. The fourth-order valence-electron chi connectivity index (χ4n) is 4.35. The first-order valence-electron chi connectivity index (χ1n) is 10.8. The van der Waals surface area contributed by atoms with Gasteiger partial charge < -0.3 is 9.84 Å². The van der Waals surface area contributed by atoms with Crippen LogP contribution in [0.1, 0.15) is 77.6 Å². The van der Waals surface area contributed by atoms with E-state index >= 15 is 0 Å². The molecular weight excluding hydrogens is 398 g/mol. The second-order valence-electron chi connectivity index (χ2n) is 8.26. The van der Waals surface area contributed by atoms with Crippen molar-refractivity contribution in [3.63, 3.8) is 0 Å². The number of aliphatic hydroxyl groups is 1. The monoisotopic (exact) mass is 432 g/mol. The number of carbonyl (C=O) groups is 2. The largest absolute Gasteiger partial charge is 0.469 e. The van der Waals surface area contributed by atoms with E-state index in [9.17, 15) is 23.5 Å². The van der Waals surface area contributed by atoms with E-state index in [0.717, 1.165) is 31.0 Å². The van der Waals surface area contributed by atoms with Crippen LogP contribution in [0, 0.1) is 11.8 Å². The summed E-state index contributed by atoms with van der Waals surface area (Å²) in [6.07, 6.45) is 9.10. The minimum absolute atomic E-state index is 0.0383. The SMILES string of the molecule is CCCCC(F)(F)C1(O)CC[C@H]2[C@@H](CC(=O)[C@@H]2C/C=C\CCCCC(=O)OC)S1. The van der Waals surface area contributed by atoms with Gasteiger partial charge in [0.05, 0.1) is 7.11 Å². The van der Waals surface area contributed by atoms with Crippen molar-refractivity contribution in [1.82, 2.24) is 0 Å². The minimum Gasteiger partial charge on any atom is -0.469 e. The first-order valence-corrected chi connectivity index (χ1v) is 11.6. The van der Waals surface area contributed by atoms with Crippen molar-refractivity contribution in [2.24, 2.45) is 11.8 Å². The highest BCUT2D eigenvalue weighted by atomic mass is 32.2. The van der Waals surface area contributed by atoms with Gasteiger partial charge in [-0.1, -0.05) is 25.5 Å². The fourth-order valence-corrected chi connectivity index (χ4v) is 6.11. The highest BCUT2D eigenvalue weighted by Crippen LogP contribution is 2.56. The lowest BCUT2D eigenvalue weighted by Crippen LogP contribution is -2.50. The quantitative estimate of drug-likeness (QED) is 0.273. The van der Waals surface area contributed by atoms with Crippen LogP contribution in [0.15, 0.2) is 12.2 Å². The number of ether oxygens (including phenoxy) is 1. The Bertz CT molecular complexity index is 595. The van der Waals surface area contributed by atoms with Crippen LogP contribution in [-0.4, -0.2) is 40.1 Å². The van der Waals surface area contributed by atoms with Crippen molar-refractivity contribution in [3.05, 3.63) is 12.2 Å². The van der Waals surface area contributed by atoms with Gasteiger partial charge in [0.2, 0.25) is 0 Å². The molecule has 1 aliphatic heterocycles. The summed E-state index contributed by atoms with van der Waals surface area (Å²) in [6.45, 7) is 1.86. The molecule has 2 fully saturated rings. The Morgan fingerprint density at radius 3 is 2.79 bits per heavy atom. The second kappa shape index (κ2) is 10.9. The molecule has 1 unspecified atom stereocenters. The Morgan fingerprint density at radius 1 is 1.34 bits per heavy atom. The number of methoxy groups -OCH3 is 1. The average molecular weight is 433 g/mol. The van der Waals surface area contributed by atoms with Gasteiger partial charge in [0, 0.05) is 30.4 Å². The van der Waals surface area contributed by atoms with Crippen molar-refractivity contribution in [2.75, 3.05) is 7.11 Å². The number of Topliss-reactive ketones (excluding diaryl/α,β-unsaturated/α-hetero) is 1. The van der Waals surface area contributed by atoms with Crippen molar-refractivity contribution in [2.45, 2.75) is 93.7 Å². The molecule has 7 heteroatoms. The van der Waals surface area contributed by atoms with E-state index < -0.39 is 10.9 Å². The Morgan fingerprint density at radius 2 is 2.10 bits per heavy atom. The molecule has 1 aliphatic carbocycles. The van der Waals surface area contributed by atoms with Crippen LogP contribution in [0.4, 0.5) is 8.78 Å². The van der Waals surface area contributed by atoms with Gasteiger partial charge in [-0.3, -0.25) is 9.59 Å². The van der Waals surface area contributed by atoms with Gasteiger partial charge in [-0.15, -0.1) is 11.8 Å². The zero-order valence-electron chi connectivity index (χ0n) is 17.5. The van der Waals surface area contributed by atoms with Crippen molar-refractivity contribution >= 4 is 23.5 Å². The number of fused-ring (bicyclic) bond motifs is 1. The zero-order valence-corrected chi connectivity index (χ0v) is 18.3. The lowest BCUT2D eigenvalue weighted by atomic mass is 9.85. The smallest absolute Gasteiger partial charge is 0.305 e. The van der Waals surface area contributed by atoms with Crippen LogP contribution in [-0.2, 0) is 14.3 Å². The molecule has 2 aliphatic rings. The summed E-state index contributed by atoms with van der Waals surface area (Å²) in [5.74, 6) is -3.26. The molecule has 0 aromatic heterocycles. The van der Waals surface area contributed by atoms with Crippen LogP contribution >= 0.6 is 11.8 Å². The second-order valence-corrected chi connectivity index (χ2v) is 9.77. The summed E-state index contributed by atoms with van der Waals surface area (Å²) in [5.41, 5.74) is 0. The molecule has 2 rings (SSSR count). The number of esters is 1. The highest BCUT2D eigenvalue weighted by molar-refractivity contribution is 8.01. The van der Waals surface area contributed by atoms with Gasteiger partial charge >= 0.3 is 5.97 Å². The zero-order chi connectivity index (χ0) is 21.5. The van der Waals surface area contributed by atoms with E-state index in [-0.39, 0.29) is 48.1 Å². The summed E-state index contributed by atoms with van der Waals surface area (Å²) in [5, 5.41) is 10.4. The summed E-state index contributed by atoms with van der Waals surface area (Å²) < 4.78 is 33.7. The summed E-state index contributed by atoms with van der Waals surface area (Å²) in [7, 11) is 1.38. The van der Waals surface area contributed by atoms with Gasteiger partial charge in [-0.25, -0.2) is 8.78 Å². The number of thioether (sulfide) groups is 1. The molecule has 1 heterocycles. The molecule has 166 valence electrons. The van der Waals surface area contributed by atoms with Crippen LogP contribution in [0.25, 0.3) is 0 Å². The van der Waals surface area contributed by atoms with Gasteiger partial charge in [0.25, 0.3) is 5.92 Å². The number of halogens is 2. The maximum atomic E-state index is 14.6. The first-order chi connectivity index (χ1) is 13.7. The molecule has 4 nitrogen and oxygen atoms in total. The molecular formula is C22H34F2O4S. The van der Waals surface area contributed by atoms with Crippen LogP contribution in [0.2, 0.25) is 0 Å². The highest BCUT2D eigenvalue weighted by Gasteiger charge is 2.59. The molecule has 1 N–H and O–H groups in total. The molecule has 0 aromatic rings. The average Bonchev–Trinajstić information content (AvgIpc) is 2.99. The molecule has 0 radical (unpaired) electrons. The normalized spacial score (nSPS) is 30.0. The molecule has 0 bridgehead atoms. The van der Waals surface area contributed by atoms with Crippen molar-refractivity contribution < 1.29 is 28.2 Å². The third kappa shape index (κ3) is 6.27. The molecule has 0 amide bonds. The van der Waals surface area contributed by atoms with Crippen LogP contribution < -0.4 is 0 Å².